The summed E-state index contributed by atoms with van der Waals surface area (Å²) in [7, 11) is -13.6. The molecule has 7 N–H and O–H groups in total. The number of rotatable bonds is 8. The lowest BCUT2D eigenvalue weighted by Crippen LogP contribution is -2.62. The van der Waals surface area contributed by atoms with Crippen LogP contribution in [-0.4, -0.2) is 71.1 Å². The van der Waals surface area contributed by atoms with E-state index in [0.29, 0.717) is 6.42 Å². The Labute approximate surface area is 127 Å². The molecule has 0 spiro atoms. The fourth-order valence-electron chi connectivity index (χ4n) is 2.30. The van der Waals surface area contributed by atoms with Crippen LogP contribution in [0.5, 0.6) is 0 Å². The molecule has 0 radical (unpaired) electrons. The molecule has 0 bridgehead atoms. The van der Waals surface area contributed by atoms with Gasteiger partial charge in [-0.05, 0) is 13.3 Å². The van der Waals surface area contributed by atoms with Crippen molar-refractivity contribution >= 4 is 22.8 Å². The van der Waals surface area contributed by atoms with Crippen LogP contribution >= 0.6 is 22.8 Å². The third-order valence-electron chi connectivity index (χ3n) is 3.22. The smallest absolute Gasteiger partial charge is 0.324 e. The van der Waals surface area contributed by atoms with Gasteiger partial charge in [0.1, 0.15) is 5.78 Å². The van der Waals surface area contributed by atoms with E-state index in [1.807, 2.05) is 0 Å². The Kier molecular flexibility index (Phi) is 6.58. The van der Waals surface area contributed by atoms with Crippen LogP contribution < -0.4 is 5.32 Å². The average Bonchev–Trinajstić information content (AvgIpc) is 2.17. The van der Waals surface area contributed by atoms with Crippen molar-refractivity contribution in [3.63, 3.8) is 0 Å². The maximum Gasteiger partial charge on any atom is 0.343 e. The Bertz CT molecular complexity index is 525. The Morgan fingerprint density at radius 1 is 1.05 bits per heavy atom. The standard InChI is InChI=1S/C8H21N2O9P3/c1-6(4-20(11,12)13)9-7-2-3-10(7)8(22(17,18)19)5-21(14,15)16/h6-9H,2-5H2,1H3,(H2,11,12,13)(H2,14,15,16)(H2,17,18,19). The molecule has 0 aromatic carbocycles. The number of hydrogen-bond acceptors (Lipinski definition) is 5. The van der Waals surface area contributed by atoms with Crippen molar-refractivity contribution in [3.05, 3.63) is 0 Å². The van der Waals surface area contributed by atoms with Gasteiger partial charge in [0.25, 0.3) is 0 Å². The molecule has 1 heterocycles. The molecule has 3 atom stereocenters. The molecule has 22 heavy (non-hydrogen) atoms. The molecule has 14 heteroatoms. The van der Waals surface area contributed by atoms with Crippen LogP contribution in [0.3, 0.4) is 0 Å². The molecule has 1 saturated heterocycles. The zero-order chi connectivity index (χ0) is 17.3. The Morgan fingerprint density at radius 2 is 1.55 bits per heavy atom. The van der Waals surface area contributed by atoms with Gasteiger partial charge in [-0.25, -0.2) is 0 Å². The van der Waals surface area contributed by atoms with E-state index in [-0.39, 0.29) is 6.54 Å². The summed E-state index contributed by atoms with van der Waals surface area (Å²) in [6, 6.07) is -0.624. The molecular weight excluding hydrogens is 361 g/mol. The lowest BCUT2D eigenvalue weighted by molar-refractivity contribution is 0.0394. The maximum atomic E-state index is 11.5. The van der Waals surface area contributed by atoms with Crippen LogP contribution in [0.4, 0.5) is 0 Å². The monoisotopic (exact) mass is 382 g/mol. The molecule has 11 nitrogen and oxygen atoms in total. The number of likely N-dealkylation sites (tertiary alicyclic amines) is 1. The van der Waals surface area contributed by atoms with E-state index in [1.54, 1.807) is 0 Å². The van der Waals surface area contributed by atoms with Crippen LogP contribution in [0.15, 0.2) is 0 Å². The summed E-state index contributed by atoms with van der Waals surface area (Å²) >= 11 is 0. The molecule has 1 aliphatic heterocycles. The van der Waals surface area contributed by atoms with Crippen molar-refractivity contribution < 1.29 is 43.1 Å². The number of hydrogen-bond donors (Lipinski definition) is 7. The summed E-state index contributed by atoms with van der Waals surface area (Å²) in [6.07, 6.45) is -1.59. The molecule has 0 aliphatic carbocycles. The number of nitrogens with one attached hydrogen (secondary N) is 1. The van der Waals surface area contributed by atoms with Crippen LogP contribution in [0.2, 0.25) is 0 Å². The highest BCUT2D eigenvalue weighted by atomic mass is 31.2. The first-order chi connectivity index (χ1) is 9.69. The summed E-state index contributed by atoms with van der Waals surface area (Å²) in [4.78, 5) is 55.5. The predicted octanol–water partition coefficient (Wildman–Crippen LogP) is -1.14. The lowest BCUT2D eigenvalue weighted by atomic mass is 10.1. The topological polar surface area (TPSA) is 188 Å². The second-order valence-electron chi connectivity index (χ2n) is 5.37. The predicted molar refractivity (Wildman–Crippen MR) is 77.4 cm³/mol. The highest BCUT2D eigenvalue weighted by Gasteiger charge is 2.46. The van der Waals surface area contributed by atoms with Gasteiger partial charge in [0.15, 0.2) is 0 Å². The SMILES string of the molecule is CC(CP(=O)(O)O)NC1CCN1C(CP(=O)(O)O)P(=O)(O)O. The molecule has 0 amide bonds. The van der Waals surface area contributed by atoms with E-state index < -0.39 is 53.1 Å². The summed E-state index contributed by atoms with van der Waals surface area (Å²) in [5.41, 5.74) is 0. The van der Waals surface area contributed by atoms with E-state index in [9.17, 15) is 23.5 Å². The van der Waals surface area contributed by atoms with Crippen LogP contribution in [0, 0.1) is 0 Å². The van der Waals surface area contributed by atoms with Gasteiger partial charge in [-0.15, -0.1) is 0 Å². The molecule has 0 saturated carbocycles. The minimum Gasteiger partial charge on any atom is -0.324 e. The summed E-state index contributed by atoms with van der Waals surface area (Å²) in [6.45, 7) is 1.72. The molecule has 0 aromatic heterocycles. The first-order valence-corrected chi connectivity index (χ1v) is 11.6. The van der Waals surface area contributed by atoms with Gasteiger partial charge in [0, 0.05) is 12.6 Å². The van der Waals surface area contributed by atoms with Gasteiger partial charge >= 0.3 is 22.8 Å². The van der Waals surface area contributed by atoms with Crippen molar-refractivity contribution in [1.82, 2.24) is 10.2 Å². The van der Waals surface area contributed by atoms with Crippen molar-refractivity contribution in [2.45, 2.75) is 31.3 Å². The summed E-state index contributed by atoms with van der Waals surface area (Å²) in [5.74, 6) is -1.64. The summed E-state index contributed by atoms with van der Waals surface area (Å²) < 4.78 is 33.4. The molecular formula is C8H21N2O9P3. The van der Waals surface area contributed by atoms with Crippen molar-refractivity contribution in [1.29, 1.82) is 0 Å². The highest BCUT2D eigenvalue weighted by molar-refractivity contribution is 7.56. The largest absolute Gasteiger partial charge is 0.343 e. The second-order valence-corrected chi connectivity index (χ2v) is 10.5. The molecule has 3 unspecified atom stereocenters. The zero-order valence-electron chi connectivity index (χ0n) is 11.8. The zero-order valence-corrected chi connectivity index (χ0v) is 14.4. The summed E-state index contributed by atoms with van der Waals surface area (Å²) in [5, 5.41) is 2.80. The van der Waals surface area contributed by atoms with E-state index in [4.69, 9.17) is 19.6 Å². The lowest BCUT2D eigenvalue weighted by Gasteiger charge is -2.47. The normalized spacial score (nSPS) is 23.9. The van der Waals surface area contributed by atoms with E-state index >= 15 is 0 Å². The van der Waals surface area contributed by atoms with E-state index in [0.717, 1.165) is 0 Å². The van der Waals surface area contributed by atoms with Gasteiger partial charge in [-0.2, -0.15) is 0 Å². The van der Waals surface area contributed by atoms with Gasteiger partial charge in [-0.1, -0.05) is 0 Å². The average molecular weight is 382 g/mol. The minimum atomic E-state index is -4.78. The van der Waals surface area contributed by atoms with Gasteiger partial charge in [0.2, 0.25) is 0 Å². The molecule has 1 aliphatic rings. The third kappa shape index (κ3) is 6.86. The van der Waals surface area contributed by atoms with Crippen molar-refractivity contribution in [2.24, 2.45) is 0 Å². The first-order valence-electron chi connectivity index (χ1n) is 6.35. The van der Waals surface area contributed by atoms with Crippen LogP contribution in [0.1, 0.15) is 13.3 Å². The Hall–Kier alpha value is 0.370. The minimum absolute atomic E-state index is 0.218. The van der Waals surface area contributed by atoms with Crippen molar-refractivity contribution in [2.75, 3.05) is 18.9 Å². The fourth-order valence-corrected chi connectivity index (χ4v) is 5.90. The quantitative estimate of drug-likeness (QED) is 0.251. The molecule has 1 fully saturated rings. The second kappa shape index (κ2) is 7.09. The maximum absolute atomic E-state index is 11.5. The van der Waals surface area contributed by atoms with Gasteiger partial charge in [-0.3, -0.25) is 23.9 Å². The van der Waals surface area contributed by atoms with Crippen molar-refractivity contribution in [3.8, 4) is 0 Å². The van der Waals surface area contributed by atoms with Crippen LogP contribution in [0.25, 0.3) is 0 Å². The number of nitrogens with zero attached hydrogens (tertiary/aromatic N) is 1. The van der Waals surface area contributed by atoms with E-state index in [2.05, 4.69) is 5.32 Å². The molecule has 132 valence electrons. The first kappa shape index (κ1) is 20.4. The molecule has 1 rings (SSSR count). The van der Waals surface area contributed by atoms with Crippen LogP contribution in [-0.2, 0) is 13.7 Å². The van der Waals surface area contributed by atoms with Gasteiger partial charge in [0.05, 0.1) is 18.5 Å². The van der Waals surface area contributed by atoms with Gasteiger partial charge < -0.3 is 29.4 Å². The fraction of sp³-hybridized carbons (Fsp3) is 1.00. The Balaban J connectivity index is 2.75. The molecule has 0 aromatic rings. The third-order valence-corrected chi connectivity index (χ3v) is 6.61. The van der Waals surface area contributed by atoms with E-state index in [1.165, 1.54) is 11.8 Å². The Morgan fingerprint density at radius 3 is 1.86 bits per heavy atom. The highest BCUT2D eigenvalue weighted by Crippen LogP contribution is 2.52.